The van der Waals surface area contributed by atoms with Gasteiger partial charge < -0.3 is 10.2 Å². The van der Waals surface area contributed by atoms with Gasteiger partial charge in [-0.15, -0.1) is 0 Å². The van der Waals surface area contributed by atoms with Crippen LogP contribution in [0.4, 0.5) is 10.1 Å². The number of aryl methyl sites for hydroxylation is 1. The number of benzene rings is 4. The molecule has 2 amide bonds. The maximum absolute atomic E-state index is 14.9. The van der Waals surface area contributed by atoms with E-state index in [0.717, 1.165) is 15.4 Å². The van der Waals surface area contributed by atoms with Crippen molar-refractivity contribution in [2.24, 2.45) is 0 Å². The molecule has 0 radical (unpaired) electrons. The summed E-state index contributed by atoms with van der Waals surface area (Å²) in [6.07, 6.45) is 0.148. The second kappa shape index (κ2) is 13.4. The molecule has 7 nitrogen and oxygen atoms in total. The van der Waals surface area contributed by atoms with Gasteiger partial charge in [0.15, 0.2) is 0 Å². The molecule has 1 atom stereocenters. The van der Waals surface area contributed by atoms with Gasteiger partial charge in [-0.2, -0.15) is 0 Å². The molecule has 42 heavy (non-hydrogen) atoms. The summed E-state index contributed by atoms with van der Waals surface area (Å²) in [5, 5.41) is 2.62. The van der Waals surface area contributed by atoms with Crippen molar-refractivity contribution >= 4 is 27.5 Å². The lowest BCUT2D eigenvalue weighted by molar-refractivity contribution is -0.139. The van der Waals surface area contributed by atoms with E-state index in [0.29, 0.717) is 11.3 Å². The predicted octanol–water partition coefficient (Wildman–Crippen LogP) is 5.02. The second-order valence-corrected chi connectivity index (χ2v) is 11.8. The van der Waals surface area contributed by atoms with Crippen LogP contribution in [0.15, 0.2) is 108 Å². The SMILES string of the molecule is CNC(=O)[C@H](Cc1ccccc1)N(Cc1ccccc1F)C(=O)CN(c1cccc(C)c1C)S(=O)(=O)c1ccccc1. The van der Waals surface area contributed by atoms with Crippen LogP contribution in [0, 0.1) is 19.7 Å². The number of sulfonamides is 1. The highest BCUT2D eigenvalue weighted by Crippen LogP contribution is 2.29. The van der Waals surface area contributed by atoms with Gasteiger partial charge in [0.2, 0.25) is 11.8 Å². The minimum absolute atomic E-state index is 0.0199. The number of nitrogens with one attached hydrogen (secondary N) is 1. The minimum atomic E-state index is -4.20. The van der Waals surface area contributed by atoms with Crippen LogP contribution in [0.1, 0.15) is 22.3 Å². The van der Waals surface area contributed by atoms with Crippen LogP contribution in [0.25, 0.3) is 0 Å². The zero-order chi connectivity index (χ0) is 30.3. The number of carbonyl (C=O) groups excluding carboxylic acids is 2. The van der Waals surface area contributed by atoms with Gasteiger partial charge in [0.25, 0.3) is 10.0 Å². The summed E-state index contributed by atoms with van der Waals surface area (Å²) in [4.78, 5) is 28.9. The Hall–Kier alpha value is -4.50. The third kappa shape index (κ3) is 6.86. The van der Waals surface area contributed by atoms with Crippen molar-refractivity contribution in [1.29, 1.82) is 0 Å². The van der Waals surface area contributed by atoms with Crippen LogP contribution in [-0.2, 0) is 32.6 Å². The first kappa shape index (κ1) is 30.5. The number of rotatable bonds is 11. The number of hydrogen-bond acceptors (Lipinski definition) is 4. The minimum Gasteiger partial charge on any atom is -0.357 e. The van der Waals surface area contributed by atoms with Crippen molar-refractivity contribution in [3.63, 3.8) is 0 Å². The van der Waals surface area contributed by atoms with Gasteiger partial charge in [-0.1, -0.05) is 78.9 Å². The first-order valence-corrected chi connectivity index (χ1v) is 15.0. The van der Waals surface area contributed by atoms with Crippen molar-refractivity contribution in [2.45, 2.75) is 37.8 Å². The molecule has 0 aromatic heterocycles. The molecule has 0 aliphatic heterocycles. The molecule has 0 saturated heterocycles. The van der Waals surface area contributed by atoms with Gasteiger partial charge in [-0.05, 0) is 54.8 Å². The quantitative estimate of drug-likeness (QED) is 0.267. The molecule has 0 saturated carbocycles. The van der Waals surface area contributed by atoms with Crippen molar-refractivity contribution in [1.82, 2.24) is 10.2 Å². The van der Waals surface area contributed by atoms with E-state index in [-0.39, 0.29) is 23.4 Å². The molecule has 0 aliphatic carbocycles. The Morgan fingerprint density at radius 3 is 2.10 bits per heavy atom. The van der Waals surface area contributed by atoms with Gasteiger partial charge in [0.05, 0.1) is 10.6 Å². The molecule has 0 spiro atoms. The topological polar surface area (TPSA) is 86.8 Å². The molecule has 218 valence electrons. The van der Waals surface area contributed by atoms with Crippen LogP contribution in [0.2, 0.25) is 0 Å². The van der Waals surface area contributed by atoms with E-state index < -0.39 is 40.2 Å². The Balaban J connectivity index is 1.82. The van der Waals surface area contributed by atoms with Crippen molar-refractivity contribution < 1.29 is 22.4 Å². The largest absolute Gasteiger partial charge is 0.357 e. The molecule has 4 aromatic rings. The van der Waals surface area contributed by atoms with Crippen LogP contribution in [0.5, 0.6) is 0 Å². The van der Waals surface area contributed by atoms with Crippen LogP contribution >= 0.6 is 0 Å². The lowest BCUT2D eigenvalue weighted by atomic mass is 10.0. The summed E-state index contributed by atoms with van der Waals surface area (Å²) < 4.78 is 44.0. The number of anilines is 1. The number of nitrogens with zero attached hydrogens (tertiary/aromatic N) is 2. The lowest BCUT2D eigenvalue weighted by Crippen LogP contribution is -2.53. The number of hydrogen-bond donors (Lipinski definition) is 1. The zero-order valence-corrected chi connectivity index (χ0v) is 24.6. The van der Waals surface area contributed by atoms with E-state index in [1.165, 1.54) is 30.1 Å². The Bertz CT molecular complexity index is 1650. The average Bonchev–Trinajstić information content (AvgIpc) is 3.00. The fourth-order valence-corrected chi connectivity index (χ4v) is 6.26. The van der Waals surface area contributed by atoms with Crippen molar-refractivity contribution in [3.05, 3.63) is 131 Å². The Labute approximate surface area is 246 Å². The molecular weight excluding hydrogens is 553 g/mol. The zero-order valence-electron chi connectivity index (χ0n) is 23.8. The molecule has 0 aliphatic rings. The highest BCUT2D eigenvalue weighted by molar-refractivity contribution is 7.92. The van der Waals surface area contributed by atoms with Crippen molar-refractivity contribution in [3.8, 4) is 0 Å². The maximum Gasteiger partial charge on any atom is 0.264 e. The standard InChI is InChI=1S/C33H34FN3O4S/c1-24-13-12-20-30(25(24)2)37(42(40,41)28-17-8-5-9-18-28)23-32(38)36(22-27-16-10-11-19-29(27)34)31(33(39)35-3)21-26-14-6-4-7-15-26/h4-20,31H,21-23H2,1-3H3,(H,35,39)/t31-/m0/s1. The number of carbonyl (C=O) groups is 2. The lowest BCUT2D eigenvalue weighted by Gasteiger charge is -2.34. The molecule has 9 heteroatoms. The van der Waals surface area contributed by atoms with E-state index in [1.54, 1.807) is 55.5 Å². The fraction of sp³-hybridized carbons (Fsp3) is 0.212. The van der Waals surface area contributed by atoms with Gasteiger partial charge in [0, 0.05) is 25.6 Å². The second-order valence-electron chi connectivity index (χ2n) is 9.98. The molecule has 4 aromatic carbocycles. The molecule has 0 unspecified atom stereocenters. The van der Waals surface area contributed by atoms with Gasteiger partial charge in [-0.3, -0.25) is 13.9 Å². The summed E-state index contributed by atoms with van der Waals surface area (Å²) in [5.74, 6) is -1.63. The van der Waals surface area contributed by atoms with Gasteiger partial charge in [0.1, 0.15) is 18.4 Å². The summed E-state index contributed by atoms with van der Waals surface area (Å²) >= 11 is 0. The van der Waals surface area contributed by atoms with E-state index in [2.05, 4.69) is 5.32 Å². The third-order valence-electron chi connectivity index (χ3n) is 7.27. The Kier molecular flexibility index (Phi) is 9.75. The number of halogens is 1. The molecule has 4 rings (SSSR count). The van der Waals surface area contributed by atoms with Crippen LogP contribution in [0.3, 0.4) is 0 Å². The first-order valence-electron chi connectivity index (χ1n) is 13.6. The van der Waals surface area contributed by atoms with Gasteiger partial charge >= 0.3 is 0 Å². The fourth-order valence-electron chi connectivity index (χ4n) is 4.77. The van der Waals surface area contributed by atoms with E-state index in [1.807, 2.05) is 43.3 Å². The van der Waals surface area contributed by atoms with Crippen LogP contribution < -0.4 is 9.62 Å². The molecule has 1 N–H and O–H groups in total. The summed E-state index contributed by atoms with van der Waals surface area (Å²) in [6.45, 7) is 2.82. The van der Waals surface area contributed by atoms with Crippen LogP contribution in [-0.4, -0.2) is 44.8 Å². The number of amides is 2. The molecular formula is C33H34FN3O4S. The van der Waals surface area contributed by atoms with E-state index in [4.69, 9.17) is 0 Å². The smallest absolute Gasteiger partial charge is 0.264 e. The predicted molar refractivity (Wildman–Crippen MR) is 162 cm³/mol. The van der Waals surface area contributed by atoms with Gasteiger partial charge in [-0.25, -0.2) is 12.8 Å². The molecule has 0 bridgehead atoms. The first-order chi connectivity index (χ1) is 20.1. The molecule has 0 heterocycles. The highest BCUT2D eigenvalue weighted by Gasteiger charge is 2.35. The van der Waals surface area contributed by atoms with E-state index in [9.17, 15) is 22.4 Å². The monoisotopic (exact) mass is 587 g/mol. The summed E-state index contributed by atoms with van der Waals surface area (Å²) in [7, 11) is -2.74. The maximum atomic E-state index is 14.9. The van der Waals surface area contributed by atoms with Crippen molar-refractivity contribution in [2.75, 3.05) is 17.9 Å². The summed E-state index contributed by atoms with van der Waals surface area (Å²) in [6, 6.07) is 27.3. The average molecular weight is 588 g/mol. The van der Waals surface area contributed by atoms with E-state index >= 15 is 0 Å². The number of likely N-dealkylation sites (N-methyl/N-ethyl adjacent to an activating group) is 1. The summed E-state index contributed by atoms with van der Waals surface area (Å²) in [5.41, 5.74) is 2.89. The Morgan fingerprint density at radius 2 is 1.45 bits per heavy atom. The Morgan fingerprint density at radius 1 is 0.833 bits per heavy atom. The third-order valence-corrected chi connectivity index (χ3v) is 9.04. The highest BCUT2D eigenvalue weighted by atomic mass is 32.2. The normalized spacial score (nSPS) is 11.9. The molecule has 0 fully saturated rings.